The van der Waals surface area contributed by atoms with Crippen LogP contribution in [0.15, 0.2) is 0 Å². The second-order valence-corrected chi connectivity index (χ2v) is 3.53. The molecule has 8 heteroatoms. The first-order valence-corrected chi connectivity index (χ1v) is 5.96. The molecule has 0 aromatic carbocycles. The number of aliphatic hydroxyl groups is 1. The fraction of sp³-hybridized carbons (Fsp3) is 0.700. The Labute approximate surface area is 106 Å². The molecule has 102 valence electrons. The Kier molecular flexibility index (Phi) is 6.09. The summed E-state index contributed by atoms with van der Waals surface area (Å²) >= 11 is 0. The SMILES string of the molecule is CCCN(CCO)c1nc(NN)nc(OCC)n1. The molecule has 0 bridgehead atoms. The molecule has 0 aliphatic carbocycles. The molecule has 0 unspecified atom stereocenters. The van der Waals surface area contributed by atoms with Gasteiger partial charge in [-0.25, -0.2) is 5.84 Å². The fourth-order valence-electron chi connectivity index (χ4n) is 1.45. The highest BCUT2D eigenvalue weighted by Crippen LogP contribution is 2.14. The number of nitrogens with one attached hydrogen (secondary N) is 1. The number of aromatic nitrogens is 3. The Hall–Kier alpha value is -1.67. The van der Waals surface area contributed by atoms with Crippen LogP contribution in [-0.4, -0.2) is 46.4 Å². The van der Waals surface area contributed by atoms with Crippen LogP contribution in [0, 0.1) is 0 Å². The number of nitrogen functional groups attached to an aromatic ring is 1. The number of hydrazine groups is 1. The molecule has 0 fully saturated rings. The zero-order valence-electron chi connectivity index (χ0n) is 10.8. The summed E-state index contributed by atoms with van der Waals surface area (Å²) in [5, 5.41) is 9.04. The van der Waals surface area contributed by atoms with E-state index in [1.54, 1.807) is 0 Å². The van der Waals surface area contributed by atoms with E-state index in [1.807, 2.05) is 18.7 Å². The molecule has 1 rings (SSSR count). The maximum atomic E-state index is 9.04. The third kappa shape index (κ3) is 3.97. The maximum absolute atomic E-state index is 9.04. The highest BCUT2D eigenvalue weighted by atomic mass is 16.5. The molecule has 0 spiro atoms. The van der Waals surface area contributed by atoms with E-state index in [1.165, 1.54) is 0 Å². The van der Waals surface area contributed by atoms with Crippen LogP contribution in [-0.2, 0) is 0 Å². The van der Waals surface area contributed by atoms with Gasteiger partial charge >= 0.3 is 6.01 Å². The van der Waals surface area contributed by atoms with Gasteiger partial charge in [0.15, 0.2) is 0 Å². The van der Waals surface area contributed by atoms with Crippen LogP contribution < -0.4 is 20.9 Å². The van der Waals surface area contributed by atoms with Gasteiger partial charge in [0.1, 0.15) is 0 Å². The second-order valence-electron chi connectivity index (χ2n) is 3.53. The van der Waals surface area contributed by atoms with Gasteiger partial charge in [0.2, 0.25) is 11.9 Å². The van der Waals surface area contributed by atoms with Crippen LogP contribution in [0.1, 0.15) is 20.3 Å². The highest BCUT2D eigenvalue weighted by Gasteiger charge is 2.12. The first-order valence-electron chi connectivity index (χ1n) is 5.96. The van der Waals surface area contributed by atoms with Gasteiger partial charge in [0.25, 0.3) is 0 Å². The maximum Gasteiger partial charge on any atom is 0.323 e. The number of anilines is 2. The van der Waals surface area contributed by atoms with Crippen LogP contribution >= 0.6 is 0 Å². The predicted octanol–water partition coefficient (Wildman–Crippen LogP) is -0.235. The summed E-state index contributed by atoms with van der Waals surface area (Å²) in [6, 6.07) is 0.217. The van der Waals surface area contributed by atoms with Crippen molar-refractivity contribution < 1.29 is 9.84 Å². The van der Waals surface area contributed by atoms with Gasteiger partial charge in [-0.3, -0.25) is 5.43 Å². The van der Waals surface area contributed by atoms with Gasteiger partial charge in [-0.05, 0) is 13.3 Å². The van der Waals surface area contributed by atoms with Crippen molar-refractivity contribution >= 4 is 11.9 Å². The van der Waals surface area contributed by atoms with Gasteiger partial charge in [-0.2, -0.15) is 15.0 Å². The van der Waals surface area contributed by atoms with Crippen LogP contribution in [0.25, 0.3) is 0 Å². The summed E-state index contributed by atoms with van der Waals surface area (Å²) in [6.07, 6.45) is 0.918. The second kappa shape index (κ2) is 7.62. The Morgan fingerprint density at radius 2 is 2.06 bits per heavy atom. The van der Waals surface area contributed by atoms with E-state index in [0.717, 1.165) is 13.0 Å². The summed E-state index contributed by atoms with van der Waals surface area (Å²) < 4.78 is 5.25. The molecule has 4 N–H and O–H groups in total. The van der Waals surface area contributed by atoms with E-state index in [0.29, 0.717) is 19.1 Å². The van der Waals surface area contributed by atoms with Crippen molar-refractivity contribution in [1.29, 1.82) is 0 Å². The number of hydrogen-bond donors (Lipinski definition) is 3. The van der Waals surface area contributed by atoms with Crippen molar-refractivity contribution in [3.05, 3.63) is 0 Å². The molecular formula is C10H20N6O2. The van der Waals surface area contributed by atoms with Crippen LogP contribution in [0.2, 0.25) is 0 Å². The van der Waals surface area contributed by atoms with Crippen molar-refractivity contribution in [3.8, 4) is 6.01 Å². The van der Waals surface area contributed by atoms with E-state index >= 15 is 0 Å². The first kappa shape index (κ1) is 14.4. The minimum atomic E-state index is 0.0288. The lowest BCUT2D eigenvalue weighted by atomic mass is 10.4. The molecule has 1 aromatic heterocycles. The van der Waals surface area contributed by atoms with E-state index in [-0.39, 0.29) is 18.6 Å². The normalized spacial score (nSPS) is 10.2. The van der Waals surface area contributed by atoms with Crippen LogP contribution in [0.5, 0.6) is 6.01 Å². The summed E-state index contributed by atoms with van der Waals surface area (Å²) in [7, 11) is 0. The highest BCUT2D eigenvalue weighted by molar-refractivity contribution is 5.37. The lowest BCUT2D eigenvalue weighted by molar-refractivity contribution is 0.298. The van der Waals surface area contributed by atoms with Gasteiger partial charge in [-0.1, -0.05) is 6.92 Å². The molecule has 0 aliphatic rings. The van der Waals surface area contributed by atoms with Crippen LogP contribution in [0.4, 0.5) is 11.9 Å². The average Bonchev–Trinajstić information content (AvgIpc) is 2.38. The fourth-order valence-corrected chi connectivity index (χ4v) is 1.45. The number of ether oxygens (including phenoxy) is 1. The van der Waals surface area contributed by atoms with E-state index in [9.17, 15) is 0 Å². The molecule has 0 aliphatic heterocycles. The Balaban J connectivity index is 2.99. The number of aliphatic hydroxyl groups excluding tert-OH is 1. The molecule has 0 atom stereocenters. The lowest BCUT2D eigenvalue weighted by Gasteiger charge is -2.21. The molecule has 1 aromatic rings. The lowest BCUT2D eigenvalue weighted by Crippen LogP contribution is -2.30. The molecular weight excluding hydrogens is 236 g/mol. The van der Waals surface area contributed by atoms with Crippen molar-refractivity contribution in [2.45, 2.75) is 20.3 Å². The number of rotatable bonds is 8. The topological polar surface area (TPSA) is 109 Å². The van der Waals surface area contributed by atoms with E-state index in [2.05, 4.69) is 20.4 Å². The summed E-state index contributed by atoms with van der Waals surface area (Å²) in [6.45, 7) is 5.56. The Morgan fingerprint density at radius 3 is 2.61 bits per heavy atom. The smallest absolute Gasteiger partial charge is 0.323 e. The van der Waals surface area contributed by atoms with E-state index in [4.69, 9.17) is 15.7 Å². The molecule has 0 amide bonds. The van der Waals surface area contributed by atoms with E-state index < -0.39 is 0 Å². The van der Waals surface area contributed by atoms with Crippen molar-refractivity contribution in [3.63, 3.8) is 0 Å². The molecule has 18 heavy (non-hydrogen) atoms. The minimum absolute atomic E-state index is 0.0288. The van der Waals surface area contributed by atoms with Gasteiger partial charge in [0.05, 0.1) is 13.2 Å². The molecule has 0 saturated carbocycles. The number of nitrogens with zero attached hydrogens (tertiary/aromatic N) is 4. The van der Waals surface area contributed by atoms with Crippen LogP contribution in [0.3, 0.4) is 0 Å². The van der Waals surface area contributed by atoms with Gasteiger partial charge in [0, 0.05) is 13.1 Å². The van der Waals surface area contributed by atoms with Crippen molar-refractivity contribution in [1.82, 2.24) is 15.0 Å². The van der Waals surface area contributed by atoms with Gasteiger partial charge < -0.3 is 14.7 Å². The van der Waals surface area contributed by atoms with Crippen molar-refractivity contribution in [2.24, 2.45) is 5.84 Å². The largest absolute Gasteiger partial charge is 0.464 e. The summed E-state index contributed by atoms with van der Waals surface area (Å²) in [5.74, 6) is 5.99. The standard InChI is InChI=1S/C10H20N6O2/c1-3-5-16(6-7-17)9-12-8(15-11)13-10(14-9)18-4-2/h17H,3-7,11H2,1-2H3,(H,12,13,14,15). The predicted molar refractivity (Wildman–Crippen MR) is 68.4 cm³/mol. The van der Waals surface area contributed by atoms with Gasteiger partial charge in [-0.15, -0.1) is 0 Å². The minimum Gasteiger partial charge on any atom is -0.464 e. The summed E-state index contributed by atoms with van der Waals surface area (Å²) in [5.41, 5.74) is 2.37. The summed E-state index contributed by atoms with van der Waals surface area (Å²) in [4.78, 5) is 14.2. The quantitative estimate of drug-likeness (QED) is 0.432. The number of nitrogens with two attached hydrogens (primary N) is 1. The first-order chi connectivity index (χ1) is 8.74. The number of hydrogen-bond acceptors (Lipinski definition) is 8. The van der Waals surface area contributed by atoms with Crippen molar-refractivity contribution in [2.75, 3.05) is 36.6 Å². The third-order valence-electron chi connectivity index (χ3n) is 2.15. The molecule has 0 saturated heterocycles. The molecule has 1 heterocycles. The molecule has 8 nitrogen and oxygen atoms in total. The zero-order chi connectivity index (χ0) is 13.4. The zero-order valence-corrected chi connectivity index (χ0v) is 10.8. The third-order valence-corrected chi connectivity index (χ3v) is 2.15. The average molecular weight is 256 g/mol. The molecule has 0 radical (unpaired) electrons. The Bertz CT molecular complexity index is 356. The monoisotopic (exact) mass is 256 g/mol. The Morgan fingerprint density at radius 1 is 1.28 bits per heavy atom.